The average Bonchev–Trinajstić information content (AvgIpc) is 2.17. The lowest BCUT2D eigenvalue weighted by atomic mass is 10.1. The monoisotopic (exact) mass is 344 g/mol. The van der Waals surface area contributed by atoms with Crippen molar-refractivity contribution in [2.45, 2.75) is 16.3 Å². The molecule has 1 aromatic rings. The van der Waals surface area contributed by atoms with Crippen molar-refractivity contribution in [1.82, 2.24) is 0 Å². The van der Waals surface area contributed by atoms with Gasteiger partial charge in [0.25, 0.3) is 0 Å². The molecule has 6 heteroatoms. The van der Waals surface area contributed by atoms with E-state index in [4.69, 9.17) is 34.8 Å². The van der Waals surface area contributed by atoms with Crippen LogP contribution in [0.25, 0.3) is 0 Å². The predicted octanol–water partition coefficient (Wildman–Crippen LogP) is 3.75. The third-order valence-corrected chi connectivity index (χ3v) is 3.21. The Hall–Kier alpha value is 0.200. The van der Waals surface area contributed by atoms with Crippen molar-refractivity contribution < 1.29 is 9.90 Å². The van der Waals surface area contributed by atoms with Crippen LogP contribution in [-0.2, 0) is 0 Å². The normalized spacial score (nSPS) is 13.6. The molecule has 0 heterocycles. The van der Waals surface area contributed by atoms with Crippen molar-refractivity contribution in [3.63, 3.8) is 0 Å². The molecule has 0 bridgehead atoms. The second-order valence-electron chi connectivity index (χ2n) is 3.19. The van der Waals surface area contributed by atoms with E-state index in [1.165, 1.54) is 0 Å². The topological polar surface area (TPSA) is 37.3 Å². The molecule has 0 amide bonds. The molecule has 1 rings (SSSR count). The number of aliphatic hydroxyl groups excluding tert-OH is 1. The van der Waals surface area contributed by atoms with Gasteiger partial charge in [0.05, 0.1) is 0 Å². The first-order valence-corrected chi connectivity index (χ1v) is 6.27. The summed E-state index contributed by atoms with van der Waals surface area (Å²) < 4.78 is -0.976. The van der Waals surface area contributed by atoms with E-state index >= 15 is 0 Å². The third-order valence-electron chi connectivity index (χ3n) is 1.92. The summed E-state index contributed by atoms with van der Waals surface area (Å²) >= 11 is 19.6. The lowest BCUT2D eigenvalue weighted by molar-refractivity contribution is 0.0884. The molecule has 0 aromatic heterocycles. The molecule has 0 fully saturated rings. The van der Waals surface area contributed by atoms with Gasteiger partial charge < -0.3 is 5.11 Å². The third kappa shape index (κ3) is 4.22. The van der Waals surface area contributed by atoms with Gasteiger partial charge in [0.15, 0.2) is 5.78 Å². The van der Waals surface area contributed by atoms with Gasteiger partial charge in [-0.3, -0.25) is 4.79 Å². The Morgan fingerprint density at radius 2 is 1.81 bits per heavy atom. The molecule has 2 nitrogen and oxygen atoms in total. The van der Waals surface area contributed by atoms with E-state index in [0.717, 1.165) is 4.47 Å². The smallest absolute Gasteiger partial charge is 0.216 e. The highest BCUT2D eigenvalue weighted by Crippen LogP contribution is 2.32. The van der Waals surface area contributed by atoms with Crippen LogP contribution >= 0.6 is 50.7 Å². The SMILES string of the molecule is O=C(C[C@@H](O)C(Cl)(Cl)Cl)c1ccc(Br)cc1. The maximum absolute atomic E-state index is 11.7. The Morgan fingerprint density at radius 1 is 1.31 bits per heavy atom. The van der Waals surface area contributed by atoms with Gasteiger partial charge >= 0.3 is 0 Å². The first-order valence-electron chi connectivity index (χ1n) is 4.34. The molecular weight excluding hydrogens is 338 g/mol. The van der Waals surface area contributed by atoms with Crippen LogP contribution in [0.5, 0.6) is 0 Å². The van der Waals surface area contributed by atoms with Crippen LogP contribution in [0.3, 0.4) is 0 Å². The molecule has 1 N–H and O–H groups in total. The van der Waals surface area contributed by atoms with Gasteiger partial charge in [-0.05, 0) is 12.1 Å². The standard InChI is InChI=1S/C10H8BrCl3O2/c11-7-3-1-6(2-4-7)8(15)5-9(16)10(12,13)14/h1-4,9,16H,5H2/t9-/m1/s1. The molecular formula is C10H8BrCl3O2. The van der Waals surface area contributed by atoms with Gasteiger partial charge in [-0.1, -0.05) is 62.9 Å². The Kier molecular flexibility index (Phi) is 5.08. The molecule has 1 atom stereocenters. The van der Waals surface area contributed by atoms with Gasteiger partial charge in [0.1, 0.15) is 6.10 Å². The van der Waals surface area contributed by atoms with Crippen LogP contribution in [0.2, 0.25) is 0 Å². The maximum atomic E-state index is 11.7. The molecule has 0 radical (unpaired) electrons. The second kappa shape index (κ2) is 5.69. The van der Waals surface area contributed by atoms with Crippen molar-refractivity contribution in [2.75, 3.05) is 0 Å². The van der Waals surface area contributed by atoms with Crippen LogP contribution in [-0.4, -0.2) is 20.8 Å². The summed E-state index contributed by atoms with van der Waals surface area (Å²) in [4.78, 5) is 11.7. The largest absolute Gasteiger partial charge is 0.388 e. The fourth-order valence-electron chi connectivity index (χ4n) is 1.04. The van der Waals surface area contributed by atoms with Gasteiger partial charge in [0, 0.05) is 16.5 Å². The number of halogens is 4. The zero-order valence-electron chi connectivity index (χ0n) is 7.96. The highest BCUT2D eigenvalue weighted by Gasteiger charge is 2.32. The van der Waals surface area contributed by atoms with E-state index in [-0.39, 0.29) is 12.2 Å². The summed E-state index contributed by atoms with van der Waals surface area (Å²) in [5, 5.41) is 9.45. The molecule has 0 aliphatic heterocycles. The van der Waals surface area contributed by atoms with Crippen LogP contribution in [0.15, 0.2) is 28.7 Å². The minimum atomic E-state index is -1.84. The summed E-state index contributed by atoms with van der Waals surface area (Å²) in [5.41, 5.74) is 0.469. The number of carbonyl (C=O) groups is 1. The number of hydrogen-bond donors (Lipinski definition) is 1. The fourth-order valence-corrected chi connectivity index (χ4v) is 1.54. The second-order valence-corrected chi connectivity index (χ2v) is 6.48. The number of ketones is 1. The highest BCUT2D eigenvalue weighted by molar-refractivity contribution is 9.10. The van der Waals surface area contributed by atoms with Crippen molar-refractivity contribution >= 4 is 56.5 Å². The molecule has 16 heavy (non-hydrogen) atoms. The Bertz CT molecular complexity index is 373. The van der Waals surface area contributed by atoms with Crippen LogP contribution < -0.4 is 0 Å². The molecule has 0 aliphatic rings. The van der Waals surface area contributed by atoms with E-state index in [0.29, 0.717) is 5.56 Å². The molecule has 0 aliphatic carbocycles. The number of alkyl halides is 3. The van der Waals surface area contributed by atoms with Gasteiger partial charge in [-0.15, -0.1) is 0 Å². The van der Waals surface area contributed by atoms with Gasteiger partial charge in [-0.2, -0.15) is 0 Å². The molecule has 88 valence electrons. The van der Waals surface area contributed by atoms with Crippen molar-refractivity contribution in [3.05, 3.63) is 34.3 Å². The van der Waals surface area contributed by atoms with E-state index in [1.807, 2.05) is 0 Å². The first-order chi connectivity index (χ1) is 7.30. The zero-order valence-corrected chi connectivity index (χ0v) is 11.8. The van der Waals surface area contributed by atoms with Gasteiger partial charge in [-0.25, -0.2) is 0 Å². The highest BCUT2D eigenvalue weighted by atomic mass is 79.9. The van der Waals surface area contributed by atoms with Gasteiger partial charge in [0.2, 0.25) is 3.79 Å². The average molecular weight is 346 g/mol. The Morgan fingerprint density at radius 3 is 2.25 bits per heavy atom. The van der Waals surface area contributed by atoms with Crippen LogP contribution in [0.4, 0.5) is 0 Å². The number of carbonyl (C=O) groups excluding carboxylic acids is 1. The molecule has 1 aromatic carbocycles. The zero-order chi connectivity index (χ0) is 12.3. The first kappa shape index (κ1) is 14.3. The minimum absolute atomic E-state index is 0.224. The molecule has 0 spiro atoms. The minimum Gasteiger partial charge on any atom is -0.388 e. The quantitative estimate of drug-likeness (QED) is 0.668. The van der Waals surface area contributed by atoms with Crippen molar-refractivity contribution in [3.8, 4) is 0 Å². The number of Topliss-reactive ketones (excluding diaryl/α,β-unsaturated/α-hetero) is 1. The summed E-state index contributed by atoms with van der Waals surface area (Å²) in [7, 11) is 0. The Labute approximate surface area is 117 Å². The van der Waals surface area contributed by atoms with E-state index in [1.54, 1.807) is 24.3 Å². The number of benzene rings is 1. The molecule has 0 saturated heterocycles. The summed E-state index contributed by atoms with van der Waals surface area (Å²) in [6.45, 7) is 0. The maximum Gasteiger partial charge on any atom is 0.216 e. The van der Waals surface area contributed by atoms with E-state index in [9.17, 15) is 9.90 Å². The summed E-state index contributed by atoms with van der Waals surface area (Å²) in [6.07, 6.45) is -1.54. The summed E-state index contributed by atoms with van der Waals surface area (Å²) in [5.74, 6) is -0.272. The van der Waals surface area contributed by atoms with Crippen LogP contribution in [0.1, 0.15) is 16.8 Å². The predicted molar refractivity (Wildman–Crippen MR) is 69.4 cm³/mol. The Balaban J connectivity index is 2.70. The van der Waals surface area contributed by atoms with E-state index < -0.39 is 9.90 Å². The van der Waals surface area contributed by atoms with Crippen LogP contribution in [0, 0.1) is 0 Å². The van der Waals surface area contributed by atoms with E-state index in [2.05, 4.69) is 15.9 Å². The van der Waals surface area contributed by atoms with Crippen molar-refractivity contribution in [1.29, 1.82) is 0 Å². The molecule has 0 unspecified atom stereocenters. The number of aliphatic hydroxyl groups is 1. The number of hydrogen-bond acceptors (Lipinski definition) is 2. The summed E-state index contributed by atoms with van der Waals surface area (Å²) in [6, 6.07) is 6.74. The number of rotatable bonds is 3. The fraction of sp³-hybridized carbons (Fsp3) is 0.300. The lowest BCUT2D eigenvalue weighted by Gasteiger charge is -2.17. The molecule has 0 saturated carbocycles. The lowest BCUT2D eigenvalue weighted by Crippen LogP contribution is -2.27. The van der Waals surface area contributed by atoms with Crippen molar-refractivity contribution in [2.24, 2.45) is 0 Å².